The predicted molar refractivity (Wildman–Crippen MR) is 94.4 cm³/mol. The summed E-state index contributed by atoms with van der Waals surface area (Å²) < 4.78 is 56.8. The molecule has 0 saturated heterocycles. The molecule has 2 rings (SSSR count). The van der Waals surface area contributed by atoms with Crippen LogP contribution < -0.4 is 15.2 Å². The molecule has 1 unspecified atom stereocenters. The zero-order chi connectivity index (χ0) is 20.9. The van der Waals surface area contributed by atoms with Gasteiger partial charge in [-0.15, -0.1) is 0 Å². The van der Waals surface area contributed by atoms with E-state index in [-0.39, 0.29) is 16.1 Å². The van der Waals surface area contributed by atoms with Crippen LogP contribution in [0, 0.1) is 0 Å². The number of anilines is 1. The highest BCUT2D eigenvalue weighted by Gasteiger charge is 2.22. The Morgan fingerprint density at radius 1 is 1.11 bits per heavy atom. The molecular formula is C17H16F2N2O6S. The summed E-state index contributed by atoms with van der Waals surface area (Å²) in [4.78, 5) is 24.1. The van der Waals surface area contributed by atoms with E-state index in [2.05, 4.69) is 10.1 Å². The van der Waals surface area contributed by atoms with Gasteiger partial charge in [0.05, 0.1) is 4.90 Å². The average Bonchev–Trinajstić information content (AvgIpc) is 2.61. The van der Waals surface area contributed by atoms with Crippen LogP contribution in [0.15, 0.2) is 53.4 Å². The maximum atomic E-state index is 12.4. The molecule has 2 aromatic rings. The van der Waals surface area contributed by atoms with Crippen molar-refractivity contribution in [3.8, 4) is 5.75 Å². The van der Waals surface area contributed by atoms with Crippen molar-refractivity contribution in [1.82, 2.24) is 0 Å². The number of alkyl halides is 2. The number of halogens is 2. The topological polar surface area (TPSA) is 125 Å². The molecule has 0 radical (unpaired) electrons. The number of nitrogens with two attached hydrogens (primary N) is 1. The van der Waals surface area contributed by atoms with Gasteiger partial charge in [-0.3, -0.25) is 4.79 Å². The molecule has 0 aliphatic rings. The molecule has 1 amide bonds. The Morgan fingerprint density at radius 3 is 2.43 bits per heavy atom. The van der Waals surface area contributed by atoms with Gasteiger partial charge in [0.25, 0.3) is 5.91 Å². The van der Waals surface area contributed by atoms with Crippen molar-refractivity contribution in [2.45, 2.75) is 24.5 Å². The Kier molecular flexibility index (Phi) is 6.65. The van der Waals surface area contributed by atoms with Gasteiger partial charge in [-0.05, 0) is 37.3 Å². The number of para-hydroxylation sites is 1. The van der Waals surface area contributed by atoms with Crippen LogP contribution in [0.4, 0.5) is 14.5 Å². The third-order valence-corrected chi connectivity index (χ3v) is 4.32. The Bertz CT molecular complexity index is 981. The van der Waals surface area contributed by atoms with Crippen LogP contribution in [-0.2, 0) is 19.6 Å². The van der Waals surface area contributed by atoms with Crippen LogP contribution in [0.1, 0.15) is 17.3 Å². The van der Waals surface area contributed by atoms with Crippen molar-refractivity contribution in [2.75, 3.05) is 5.32 Å². The van der Waals surface area contributed by atoms with Crippen molar-refractivity contribution >= 4 is 27.6 Å². The standard InChI is InChI=1S/C17H16F2N2O6S/c1-10(15(22)21-11-5-4-6-12(9-11)28(20,24)25)26-16(23)13-7-2-3-8-14(13)27-17(18)19/h2-10,17H,1H3,(H,21,22)(H2,20,24,25). The van der Waals surface area contributed by atoms with E-state index in [1.807, 2.05) is 0 Å². The molecule has 0 saturated carbocycles. The molecule has 150 valence electrons. The number of primary sulfonamides is 1. The third kappa shape index (κ3) is 5.72. The van der Waals surface area contributed by atoms with Gasteiger partial charge in [-0.1, -0.05) is 18.2 Å². The number of hydrogen-bond donors (Lipinski definition) is 2. The van der Waals surface area contributed by atoms with Crippen LogP contribution >= 0.6 is 0 Å². The molecule has 28 heavy (non-hydrogen) atoms. The summed E-state index contributed by atoms with van der Waals surface area (Å²) in [7, 11) is -3.96. The summed E-state index contributed by atoms with van der Waals surface area (Å²) in [5.74, 6) is -2.21. The molecule has 1 atom stereocenters. The molecule has 0 fully saturated rings. The minimum Gasteiger partial charge on any atom is -0.449 e. The lowest BCUT2D eigenvalue weighted by Gasteiger charge is -2.15. The second-order valence-electron chi connectivity index (χ2n) is 5.48. The van der Waals surface area contributed by atoms with Crippen molar-refractivity contribution in [3.05, 3.63) is 54.1 Å². The quantitative estimate of drug-likeness (QED) is 0.669. The van der Waals surface area contributed by atoms with Crippen molar-refractivity contribution < 1.29 is 36.3 Å². The molecule has 0 aliphatic heterocycles. The van der Waals surface area contributed by atoms with Gasteiger partial charge in [0.2, 0.25) is 10.0 Å². The second-order valence-corrected chi connectivity index (χ2v) is 7.05. The fourth-order valence-electron chi connectivity index (χ4n) is 2.11. The molecule has 0 aromatic heterocycles. The lowest BCUT2D eigenvalue weighted by atomic mass is 10.2. The van der Waals surface area contributed by atoms with E-state index in [0.717, 1.165) is 12.1 Å². The first-order chi connectivity index (χ1) is 13.1. The van der Waals surface area contributed by atoms with Gasteiger partial charge in [-0.25, -0.2) is 18.4 Å². The van der Waals surface area contributed by atoms with Crippen LogP contribution in [0.3, 0.4) is 0 Å². The fourth-order valence-corrected chi connectivity index (χ4v) is 2.67. The molecule has 11 heteroatoms. The van der Waals surface area contributed by atoms with Crippen molar-refractivity contribution in [1.29, 1.82) is 0 Å². The zero-order valence-electron chi connectivity index (χ0n) is 14.5. The van der Waals surface area contributed by atoms with E-state index in [0.29, 0.717) is 0 Å². The second kappa shape index (κ2) is 8.76. The number of carbonyl (C=O) groups excluding carboxylic acids is 2. The number of nitrogens with one attached hydrogen (secondary N) is 1. The Labute approximate surface area is 159 Å². The Balaban J connectivity index is 2.08. The zero-order valence-corrected chi connectivity index (χ0v) is 15.3. The smallest absolute Gasteiger partial charge is 0.387 e. The van der Waals surface area contributed by atoms with E-state index in [9.17, 15) is 26.8 Å². The molecule has 0 aliphatic carbocycles. The molecule has 0 bridgehead atoms. The summed E-state index contributed by atoms with van der Waals surface area (Å²) in [6, 6.07) is 10.3. The van der Waals surface area contributed by atoms with Gasteiger partial charge < -0.3 is 14.8 Å². The number of amides is 1. The first-order valence-electron chi connectivity index (χ1n) is 7.76. The van der Waals surface area contributed by atoms with Gasteiger partial charge in [0.15, 0.2) is 6.10 Å². The Hall–Kier alpha value is -3.05. The number of carbonyl (C=O) groups is 2. The van der Waals surface area contributed by atoms with Crippen molar-refractivity contribution in [2.24, 2.45) is 5.14 Å². The molecule has 0 heterocycles. The van der Waals surface area contributed by atoms with Crippen LogP contribution in [0.5, 0.6) is 5.75 Å². The largest absolute Gasteiger partial charge is 0.449 e. The van der Waals surface area contributed by atoms with Crippen LogP contribution in [0.25, 0.3) is 0 Å². The number of ether oxygens (including phenoxy) is 2. The number of sulfonamides is 1. The summed E-state index contributed by atoms with van der Waals surface area (Å²) in [6.07, 6.45) is -1.31. The van der Waals surface area contributed by atoms with E-state index < -0.39 is 40.4 Å². The van der Waals surface area contributed by atoms with Gasteiger partial charge in [0, 0.05) is 5.69 Å². The monoisotopic (exact) mass is 414 g/mol. The lowest BCUT2D eigenvalue weighted by molar-refractivity contribution is -0.123. The normalized spacial score (nSPS) is 12.3. The van der Waals surface area contributed by atoms with E-state index in [1.165, 1.54) is 43.3 Å². The van der Waals surface area contributed by atoms with Crippen molar-refractivity contribution in [3.63, 3.8) is 0 Å². The first kappa shape index (κ1) is 21.3. The first-order valence-corrected chi connectivity index (χ1v) is 9.31. The number of hydrogen-bond acceptors (Lipinski definition) is 6. The minimum atomic E-state index is -3.96. The van der Waals surface area contributed by atoms with Gasteiger partial charge >= 0.3 is 12.6 Å². The molecule has 8 nitrogen and oxygen atoms in total. The average molecular weight is 414 g/mol. The highest BCUT2D eigenvalue weighted by Crippen LogP contribution is 2.22. The maximum Gasteiger partial charge on any atom is 0.387 e. The number of benzene rings is 2. The predicted octanol–water partition coefficient (Wildman–Crippen LogP) is 2.12. The highest BCUT2D eigenvalue weighted by atomic mass is 32.2. The molecule has 0 spiro atoms. The molecule has 2 aromatic carbocycles. The SMILES string of the molecule is CC(OC(=O)c1ccccc1OC(F)F)C(=O)Nc1cccc(S(N)(=O)=O)c1. The summed E-state index contributed by atoms with van der Waals surface area (Å²) in [5.41, 5.74) is -0.167. The van der Waals surface area contributed by atoms with E-state index >= 15 is 0 Å². The van der Waals surface area contributed by atoms with Gasteiger partial charge in [-0.2, -0.15) is 8.78 Å². The number of rotatable bonds is 7. The molecule has 3 N–H and O–H groups in total. The summed E-state index contributed by atoms with van der Waals surface area (Å²) in [5, 5.41) is 7.39. The van der Waals surface area contributed by atoms with Crippen LogP contribution in [-0.4, -0.2) is 33.0 Å². The van der Waals surface area contributed by atoms with Crippen LogP contribution in [0.2, 0.25) is 0 Å². The summed E-state index contributed by atoms with van der Waals surface area (Å²) in [6.45, 7) is -1.88. The third-order valence-electron chi connectivity index (χ3n) is 3.41. The summed E-state index contributed by atoms with van der Waals surface area (Å²) >= 11 is 0. The molecular weight excluding hydrogens is 398 g/mol. The van der Waals surface area contributed by atoms with E-state index in [4.69, 9.17) is 9.88 Å². The highest BCUT2D eigenvalue weighted by molar-refractivity contribution is 7.89. The maximum absolute atomic E-state index is 12.4. The van der Waals surface area contributed by atoms with E-state index in [1.54, 1.807) is 0 Å². The Morgan fingerprint density at radius 2 is 1.79 bits per heavy atom. The fraction of sp³-hybridized carbons (Fsp3) is 0.176. The minimum absolute atomic E-state index is 0.112. The number of esters is 1. The lowest BCUT2D eigenvalue weighted by Crippen LogP contribution is -2.30. The van der Waals surface area contributed by atoms with Gasteiger partial charge in [0.1, 0.15) is 11.3 Å².